The molecule has 1 atom stereocenters. The summed E-state index contributed by atoms with van der Waals surface area (Å²) in [6, 6.07) is 9.41. The number of amides is 1. The van der Waals surface area contributed by atoms with E-state index in [-0.39, 0.29) is 11.7 Å². The van der Waals surface area contributed by atoms with Gasteiger partial charge in [0.2, 0.25) is 0 Å². The minimum atomic E-state index is -0.528. The molecule has 2 heterocycles. The molecule has 3 aromatic rings. The van der Waals surface area contributed by atoms with Gasteiger partial charge in [0, 0.05) is 5.56 Å². The first kappa shape index (κ1) is 20.8. The van der Waals surface area contributed by atoms with Gasteiger partial charge in [-0.05, 0) is 69.9 Å². The van der Waals surface area contributed by atoms with Crippen LogP contribution in [0.15, 0.2) is 36.5 Å². The Labute approximate surface area is 180 Å². The molecule has 1 aliphatic rings. The predicted molar refractivity (Wildman–Crippen MR) is 115 cm³/mol. The van der Waals surface area contributed by atoms with Crippen molar-refractivity contribution in [1.29, 1.82) is 0 Å². The summed E-state index contributed by atoms with van der Waals surface area (Å²) >= 11 is 0. The number of rotatable bonds is 4. The number of hydrogen-bond donors (Lipinski definition) is 1. The van der Waals surface area contributed by atoms with Crippen molar-refractivity contribution in [3.05, 3.63) is 53.3 Å². The number of benzene rings is 1. The summed E-state index contributed by atoms with van der Waals surface area (Å²) in [4.78, 5) is 28.7. The topological polar surface area (TPSA) is 94.8 Å². The maximum Gasteiger partial charge on any atom is 0.408 e. The standard InChI is InChI=1S/C23H26N4O4/c1-5-30-21(28)18-10-11-20-24-19(13-27(20)26-18)15-6-8-16-14(12-15)7-9-17(16)25-22(29)31-23(2,3)4/h6,8,10-13,17H,5,7,9H2,1-4H3,(H,25,29)/t17-/m0/s1. The summed E-state index contributed by atoms with van der Waals surface area (Å²) in [6.45, 7) is 7.60. The average Bonchev–Trinajstić information content (AvgIpc) is 3.29. The van der Waals surface area contributed by atoms with Gasteiger partial charge in [-0.1, -0.05) is 12.1 Å². The van der Waals surface area contributed by atoms with Crippen LogP contribution in [0.4, 0.5) is 4.79 Å². The van der Waals surface area contributed by atoms with Gasteiger partial charge in [-0.25, -0.2) is 19.1 Å². The Balaban J connectivity index is 1.55. The third kappa shape index (κ3) is 4.52. The Morgan fingerprint density at radius 1 is 1.23 bits per heavy atom. The highest BCUT2D eigenvalue weighted by atomic mass is 16.6. The van der Waals surface area contributed by atoms with E-state index in [2.05, 4.69) is 21.5 Å². The molecule has 0 spiro atoms. The van der Waals surface area contributed by atoms with Gasteiger partial charge in [-0.2, -0.15) is 5.10 Å². The highest BCUT2D eigenvalue weighted by molar-refractivity contribution is 5.87. The maximum absolute atomic E-state index is 12.1. The predicted octanol–water partition coefficient (Wildman–Crippen LogP) is 4.09. The molecule has 8 heteroatoms. The lowest BCUT2D eigenvalue weighted by atomic mass is 10.0. The molecule has 1 aliphatic carbocycles. The van der Waals surface area contributed by atoms with Crippen molar-refractivity contribution in [2.45, 2.75) is 52.2 Å². The van der Waals surface area contributed by atoms with Crippen LogP contribution < -0.4 is 5.32 Å². The second kappa shape index (κ2) is 8.02. The molecule has 0 bridgehead atoms. The van der Waals surface area contributed by atoms with Crippen LogP contribution in [0.25, 0.3) is 16.9 Å². The first-order valence-corrected chi connectivity index (χ1v) is 10.4. The third-order valence-electron chi connectivity index (χ3n) is 5.01. The SMILES string of the molecule is CCOC(=O)c1ccc2nc(-c3ccc4c(c3)CC[C@@H]4NC(=O)OC(C)(C)C)cn2n1. The van der Waals surface area contributed by atoms with Crippen molar-refractivity contribution in [2.24, 2.45) is 0 Å². The molecule has 0 saturated carbocycles. The molecular formula is C23H26N4O4. The smallest absolute Gasteiger partial charge is 0.408 e. The Hall–Kier alpha value is -3.42. The molecular weight excluding hydrogens is 396 g/mol. The zero-order valence-electron chi connectivity index (χ0n) is 18.1. The zero-order valence-corrected chi connectivity index (χ0v) is 18.1. The maximum atomic E-state index is 12.1. The van der Waals surface area contributed by atoms with Crippen LogP contribution in [0.1, 0.15) is 61.8 Å². The van der Waals surface area contributed by atoms with Crippen molar-refractivity contribution >= 4 is 17.7 Å². The Kier molecular flexibility index (Phi) is 5.39. The van der Waals surface area contributed by atoms with Crippen LogP contribution >= 0.6 is 0 Å². The van der Waals surface area contributed by atoms with Crippen LogP contribution in [0.3, 0.4) is 0 Å². The first-order valence-electron chi connectivity index (χ1n) is 10.4. The van der Waals surface area contributed by atoms with Crippen molar-refractivity contribution < 1.29 is 19.1 Å². The van der Waals surface area contributed by atoms with Crippen molar-refractivity contribution in [3.8, 4) is 11.3 Å². The number of ether oxygens (including phenoxy) is 2. The highest BCUT2D eigenvalue weighted by Crippen LogP contribution is 2.34. The number of aryl methyl sites for hydroxylation is 1. The monoisotopic (exact) mass is 422 g/mol. The first-order chi connectivity index (χ1) is 14.7. The van der Waals surface area contributed by atoms with E-state index in [0.717, 1.165) is 29.7 Å². The fourth-order valence-corrected chi connectivity index (χ4v) is 3.71. The lowest BCUT2D eigenvalue weighted by molar-refractivity contribution is 0.0498. The molecule has 31 heavy (non-hydrogen) atoms. The number of aromatic nitrogens is 3. The Morgan fingerprint density at radius 3 is 2.77 bits per heavy atom. The number of nitrogens with one attached hydrogen (secondary N) is 1. The van der Waals surface area contributed by atoms with Crippen LogP contribution in [0.5, 0.6) is 0 Å². The van der Waals surface area contributed by atoms with Crippen LogP contribution in [-0.4, -0.2) is 38.9 Å². The molecule has 0 unspecified atom stereocenters. The van der Waals surface area contributed by atoms with E-state index in [1.54, 1.807) is 29.8 Å². The van der Waals surface area contributed by atoms with Gasteiger partial charge in [0.1, 0.15) is 5.60 Å². The lowest BCUT2D eigenvalue weighted by Crippen LogP contribution is -2.34. The van der Waals surface area contributed by atoms with E-state index >= 15 is 0 Å². The van der Waals surface area contributed by atoms with E-state index in [4.69, 9.17) is 9.47 Å². The number of alkyl carbamates (subject to hydrolysis) is 1. The summed E-state index contributed by atoms with van der Waals surface area (Å²) in [7, 11) is 0. The molecule has 8 nitrogen and oxygen atoms in total. The van der Waals surface area contributed by atoms with Crippen LogP contribution in [0, 0.1) is 0 Å². The van der Waals surface area contributed by atoms with E-state index in [1.807, 2.05) is 32.9 Å². The van der Waals surface area contributed by atoms with Gasteiger partial charge in [-0.3, -0.25) is 0 Å². The molecule has 162 valence electrons. The molecule has 4 rings (SSSR count). The van der Waals surface area contributed by atoms with Gasteiger partial charge in [-0.15, -0.1) is 0 Å². The summed E-state index contributed by atoms with van der Waals surface area (Å²) in [5.41, 5.74) is 4.35. The summed E-state index contributed by atoms with van der Waals surface area (Å²) in [5, 5.41) is 7.27. The van der Waals surface area contributed by atoms with Gasteiger partial charge in [0.05, 0.1) is 24.5 Å². The largest absolute Gasteiger partial charge is 0.461 e. The van der Waals surface area contributed by atoms with E-state index in [0.29, 0.717) is 12.3 Å². The molecule has 1 amide bonds. The van der Waals surface area contributed by atoms with Crippen molar-refractivity contribution in [1.82, 2.24) is 19.9 Å². The lowest BCUT2D eigenvalue weighted by Gasteiger charge is -2.22. The second-order valence-electron chi connectivity index (χ2n) is 8.52. The molecule has 0 radical (unpaired) electrons. The number of hydrogen-bond acceptors (Lipinski definition) is 6. The Morgan fingerprint density at radius 2 is 2.03 bits per heavy atom. The van der Waals surface area contributed by atoms with Crippen molar-refractivity contribution in [3.63, 3.8) is 0 Å². The number of imidazole rings is 1. The van der Waals surface area contributed by atoms with Gasteiger partial charge in [0.15, 0.2) is 11.3 Å². The summed E-state index contributed by atoms with van der Waals surface area (Å²) in [5.74, 6) is -0.458. The van der Waals surface area contributed by atoms with Crippen LogP contribution in [0.2, 0.25) is 0 Å². The number of fused-ring (bicyclic) bond motifs is 2. The number of carbonyl (C=O) groups excluding carboxylic acids is 2. The van der Waals surface area contributed by atoms with Gasteiger partial charge < -0.3 is 14.8 Å². The van der Waals surface area contributed by atoms with Gasteiger partial charge >= 0.3 is 12.1 Å². The van der Waals surface area contributed by atoms with E-state index in [9.17, 15) is 9.59 Å². The van der Waals surface area contributed by atoms with E-state index < -0.39 is 17.7 Å². The van der Waals surface area contributed by atoms with Crippen LogP contribution in [-0.2, 0) is 15.9 Å². The molecule has 1 N–H and O–H groups in total. The fraction of sp³-hybridized carbons (Fsp3) is 0.391. The molecule has 0 saturated heterocycles. The second-order valence-corrected chi connectivity index (χ2v) is 8.52. The minimum Gasteiger partial charge on any atom is -0.461 e. The highest BCUT2D eigenvalue weighted by Gasteiger charge is 2.26. The summed E-state index contributed by atoms with van der Waals surface area (Å²) < 4.78 is 12.0. The minimum absolute atomic E-state index is 0.0613. The van der Waals surface area contributed by atoms with Gasteiger partial charge in [0.25, 0.3) is 0 Å². The Bertz CT molecular complexity index is 1150. The molecule has 0 aliphatic heterocycles. The molecule has 0 fully saturated rings. The third-order valence-corrected chi connectivity index (χ3v) is 5.01. The number of esters is 1. The average molecular weight is 422 g/mol. The fourth-order valence-electron chi connectivity index (χ4n) is 3.71. The van der Waals surface area contributed by atoms with Crippen molar-refractivity contribution in [2.75, 3.05) is 6.61 Å². The normalized spacial score (nSPS) is 15.5. The number of carbonyl (C=O) groups is 2. The zero-order chi connectivity index (χ0) is 22.2. The number of nitrogens with zero attached hydrogens (tertiary/aromatic N) is 3. The van der Waals surface area contributed by atoms with E-state index in [1.165, 1.54) is 5.56 Å². The molecule has 2 aromatic heterocycles. The molecule has 1 aromatic carbocycles. The quantitative estimate of drug-likeness (QED) is 0.637. The summed E-state index contributed by atoms with van der Waals surface area (Å²) in [6.07, 6.45) is 3.08.